The van der Waals surface area contributed by atoms with Gasteiger partial charge in [0.15, 0.2) is 0 Å². The highest BCUT2D eigenvalue weighted by atomic mass is 32.1. The van der Waals surface area contributed by atoms with Crippen molar-refractivity contribution < 1.29 is 9.90 Å². The third kappa shape index (κ3) is 3.12. The first-order chi connectivity index (χ1) is 12.8. The number of nitrogens with one attached hydrogen (secondary N) is 2. The van der Waals surface area contributed by atoms with E-state index in [9.17, 15) is 9.90 Å². The SMILES string of the molecule is CCC(C)(C)C1CCc2c(sc3c2C(=O)NC(c2cc(C)ccc2O)N3)C1. The number of anilines is 1. The van der Waals surface area contributed by atoms with E-state index in [0.29, 0.717) is 16.9 Å². The molecule has 1 aliphatic carbocycles. The summed E-state index contributed by atoms with van der Waals surface area (Å²) in [6.07, 6.45) is 3.96. The Bertz CT molecular complexity index is 900. The molecule has 0 saturated heterocycles. The van der Waals surface area contributed by atoms with Crippen LogP contribution >= 0.6 is 11.3 Å². The van der Waals surface area contributed by atoms with Crippen molar-refractivity contribution in [2.45, 2.75) is 59.5 Å². The van der Waals surface area contributed by atoms with Gasteiger partial charge in [0.05, 0.1) is 5.56 Å². The molecule has 0 spiro atoms. The van der Waals surface area contributed by atoms with Crippen molar-refractivity contribution in [2.24, 2.45) is 11.3 Å². The summed E-state index contributed by atoms with van der Waals surface area (Å²) >= 11 is 1.73. The molecule has 5 heteroatoms. The van der Waals surface area contributed by atoms with E-state index in [0.717, 1.165) is 35.4 Å². The van der Waals surface area contributed by atoms with E-state index in [1.54, 1.807) is 17.4 Å². The Kier molecular flexibility index (Phi) is 4.46. The van der Waals surface area contributed by atoms with Gasteiger partial charge in [0.2, 0.25) is 0 Å². The number of rotatable bonds is 3. The van der Waals surface area contributed by atoms with Crippen LogP contribution in [0.4, 0.5) is 5.00 Å². The first kappa shape index (κ1) is 18.4. The van der Waals surface area contributed by atoms with Crippen LogP contribution in [0.15, 0.2) is 18.2 Å². The molecule has 1 aliphatic heterocycles. The maximum Gasteiger partial charge on any atom is 0.256 e. The van der Waals surface area contributed by atoms with Gasteiger partial charge in [-0.15, -0.1) is 11.3 Å². The maximum atomic E-state index is 12.9. The molecule has 4 rings (SSSR count). The van der Waals surface area contributed by atoms with Gasteiger partial charge < -0.3 is 15.7 Å². The summed E-state index contributed by atoms with van der Waals surface area (Å²) < 4.78 is 0. The van der Waals surface area contributed by atoms with E-state index in [4.69, 9.17) is 0 Å². The van der Waals surface area contributed by atoms with Gasteiger partial charge in [-0.25, -0.2) is 0 Å². The van der Waals surface area contributed by atoms with E-state index in [1.807, 2.05) is 19.1 Å². The number of fused-ring (bicyclic) bond motifs is 3. The number of hydrogen-bond acceptors (Lipinski definition) is 4. The van der Waals surface area contributed by atoms with Crippen molar-refractivity contribution in [2.75, 3.05) is 5.32 Å². The highest BCUT2D eigenvalue weighted by molar-refractivity contribution is 7.16. The van der Waals surface area contributed by atoms with Crippen molar-refractivity contribution >= 4 is 22.2 Å². The van der Waals surface area contributed by atoms with Gasteiger partial charge in [0.1, 0.15) is 16.9 Å². The minimum atomic E-state index is -0.395. The van der Waals surface area contributed by atoms with E-state index >= 15 is 0 Å². The van der Waals surface area contributed by atoms with Gasteiger partial charge in [-0.3, -0.25) is 4.79 Å². The molecule has 0 bridgehead atoms. The second-order valence-corrected chi connectivity index (χ2v) is 9.71. The lowest BCUT2D eigenvalue weighted by atomic mass is 9.69. The van der Waals surface area contributed by atoms with Crippen LogP contribution < -0.4 is 10.6 Å². The quantitative estimate of drug-likeness (QED) is 0.685. The minimum absolute atomic E-state index is 0.0274. The Balaban J connectivity index is 1.66. The molecule has 2 heterocycles. The van der Waals surface area contributed by atoms with Crippen LogP contribution in [0.5, 0.6) is 5.75 Å². The lowest BCUT2D eigenvalue weighted by molar-refractivity contribution is 0.0934. The number of hydrogen-bond donors (Lipinski definition) is 3. The Morgan fingerprint density at radius 2 is 2.07 bits per heavy atom. The highest BCUT2D eigenvalue weighted by Crippen LogP contribution is 2.47. The molecular weight excluding hydrogens is 356 g/mol. The summed E-state index contributed by atoms with van der Waals surface area (Å²) in [5.41, 5.74) is 4.15. The number of benzene rings is 1. The predicted molar refractivity (Wildman–Crippen MR) is 111 cm³/mol. The monoisotopic (exact) mass is 384 g/mol. The average molecular weight is 385 g/mol. The number of carbonyl (C=O) groups is 1. The summed E-state index contributed by atoms with van der Waals surface area (Å²) in [6.45, 7) is 8.97. The van der Waals surface area contributed by atoms with Crippen molar-refractivity contribution in [3.63, 3.8) is 0 Å². The topological polar surface area (TPSA) is 61.4 Å². The third-order valence-corrected chi connectivity index (χ3v) is 7.74. The molecule has 0 saturated carbocycles. The van der Waals surface area contributed by atoms with Crippen LogP contribution in [0.2, 0.25) is 0 Å². The lowest BCUT2D eigenvalue weighted by Crippen LogP contribution is -2.38. The fourth-order valence-electron chi connectivity index (χ4n) is 4.31. The molecule has 0 fully saturated rings. The summed E-state index contributed by atoms with van der Waals surface area (Å²) in [6, 6.07) is 5.48. The van der Waals surface area contributed by atoms with E-state index in [-0.39, 0.29) is 11.7 Å². The normalized spacial score (nSPS) is 21.9. The fraction of sp³-hybridized carbons (Fsp3) is 0.500. The Labute approximate surface area is 165 Å². The lowest BCUT2D eigenvalue weighted by Gasteiger charge is -2.36. The number of phenolic OH excluding ortho intramolecular Hbond substituents is 1. The Morgan fingerprint density at radius 3 is 2.81 bits per heavy atom. The number of amides is 1. The fourth-order valence-corrected chi connectivity index (χ4v) is 5.67. The number of aromatic hydroxyl groups is 1. The zero-order valence-corrected chi connectivity index (χ0v) is 17.3. The number of thiophene rings is 1. The molecule has 27 heavy (non-hydrogen) atoms. The molecule has 2 unspecified atom stereocenters. The Hall–Kier alpha value is -2.01. The molecule has 1 aromatic carbocycles. The molecule has 0 radical (unpaired) electrons. The summed E-state index contributed by atoms with van der Waals surface area (Å²) in [5, 5.41) is 17.7. The van der Waals surface area contributed by atoms with Crippen molar-refractivity contribution in [3.05, 3.63) is 45.3 Å². The molecule has 4 nitrogen and oxygen atoms in total. The largest absolute Gasteiger partial charge is 0.508 e. The minimum Gasteiger partial charge on any atom is -0.508 e. The maximum absolute atomic E-state index is 12.9. The number of aryl methyl sites for hydroxylation is 1. The van der Waals surface area contributed by atoms with E-state index in [1.165, 1.54) is 16.9 Å². The van der Waals surface area contributed by atoms with Gasteiger partial charge >= 0.3 is 0 Å². The average Bonchev–Trinajstić information content (AvgIpc) is 3.01. The molecular formula is C22H28N2O2S. The highest BCUT2D eigenvalue weighted by Gasteiger charge is 2.37. The molecule has 3 N–H and O–H groups in total. The second-order valence-electron chi connectivity index (χ2n) is 8.60. The van der Waals surface area contributed by atoms with Crippen LogP contribution in [0.1, 0.15) is 71.7 Å². The van der Waals surface area contributed by atoms with Crippen molar-refractivity contribution in [1.82, 2.24) is 5.32 Å². The van der Waals surface area contributed by atoms with Gasteiger partial charge in [-0.2, -0.15) is 0 Å². The third-order valence-electron chi connectivity index (χ3n) is 6.55. The first-order valence-electron chi connectivity index (χ1n) is 9.81. The first-order valence-corrected chi connectivity index (χ1v) is 10.6. The van der Waals surface area contributed by atoms with Gasteiger partial charge in [-0.1, -0.05) is 38.8 Å². The molecule has 144 valence electrons. The number of phenols is 1. The zero-order chi connectivity index (χ0) is 19.3. The smallest absolute Gasteiger partial charge is 0.256 e. The molecule has 1 amide bonds. The summed E-state index contributed by atoms with van der Waals surface area (Å²) in [5.74, 6) is 0.836. The van der Waals surface area contributed by atoms with Crippen molar-refractivity contribution in [3.8, 4) is 5.75 Å². The summed E-state index contributed by atoms with van der Waals surface area (Å²) in [7, 11) is 0. The van der Waals surface area contributed by atoms with Gasteiger partial charge in [0.25, 0.3) is 5.91 Å². The van der Waals surface area contributed by atoms with E-state index in [2.05, 4.69) is 31.4 Å². The Morgan fingerprint density at radius 1 is 1.30 bits per heavy atom. The van der Waals surface area contributed by atoms with Crippen LogP contribution in [-0.4, -0.2) is 11.0 Å². The van der Waals surface area contributed by atoms with Crippen LogP contribution in [0.3, 0.4) is 0 Å². The standard InChI is InChI=1S/C22H28N2O2S/c1-5-22(3,4)13-7-8-14-17(11-13)27-21-18(14)20(26)23-19(24-21)15-10-12(2)6-9-16(15)25/h6,9-10,13,19,24-25H,5,7-8,11H2,1-4H3,(H,23,26). The van der Waals surface area contributed by atoms with Crippen LogP contribution in [0.25, 0.3) is 0 Å². The molecule has 1 aromatic heterocycles. The second kappa shape index (κ2) is 6.55. The zero-order valence-electron chi connectivity index (χ0n) is 16.5. The van der Waals surface area contributed by atoms with Gasteiger partial charge in [-0.05, 0) is 55.2 Å². The molecule has 2 aliphatic rings. The van der Waals surface area contributed by atoms with Crippen LogP contribution in [0, 0.1) is 18.3 Å². The molecule has 2 aromatic rings. The number of carbonyl (C=O) groups excluding carboxylic acids is 1. The predicted octanol–water partition coefficient (Wildman–Crippen LogP) is 5.16. The molecule has 2 atom stereocenters. The van der Waals surface area contributed by atoms with Crippen LogP contribution in [-0.2, 0) is 12.8 Å². The van der Waals surface area contributed by atoms with E-state index < -0.39 is 6.17 Å². The van der Waals surface area contributed by atoms with Gasteiger partial charge in [0, 0.05) is 10.4 Å². The van der Waals surface area contributed by atoms with Crippen molar-refractivity contribution in [1.29, 1.82) is 0 Å². The summed E-state index contributed by atoms with van der Waals surface area (Å²) in [4.78, 5) is 14.3.